The largest absolute Gasteiger partial charge is 0.462 e. The maximum atomic E-state index is 7.30. The highest BCUT2D eigenvalue weighted by molar-refractivity contribution is 7.69. The lowest BCUT2D eigenvalue weighted by atomic mass is 9.82. The van der Waals surface area contributed by atoms with E-state index in [0.29, 0.717) is 0 Å². The molecule has 3 unspecified atom stereocenters. The van der Waals surface area contributed by atoms with Crippen LogP contribution < -0.4 is 30.3 Å². The molecule has 8 rings (SSSR count). The topological polar surface area (TPSA) is 43.4 Å². The molecule has 2 heterocycles. The summed E-state index contributed by atoms with van der Waals surface area (Å²) in [6, 6.07) is 43.1. The Morgan fingerprint density at radius 1 is 0.627 bits per heavy atom. The third-order valence-electron chi connectivity index (χ3n) is 9.70. The number of anilines is 1. The summed E-state index contributed by atoms with van der Waals surface area (Å²) in [6.07, 6.45) is 5.67. The molecule has 0 amide bonds. The number of benzene rings is 5. The number of aromatic nitrogens is 1. The van der Waals surface area contributed by atoms with Crippen LogP contribution in [0.5, 0.6) is 11.5 Å². The lowest BCUT2D eigenvalue weighted by molar-refractivity contribution is 0.510. The van der Waals surface area contributed by atoms with E-state index < -0.39 is 16.3 Å². The summed E-state index contributed by atoms with van der Waals surface area (Å²) in [7, 11) is -2.57. The van der Waals surface area contributed by atoms with Crippen LogP contribution in [-0.4, -0.2) is 11.0 Å². The Hall–Kier alpha value is -4.49. The number of nitrogens with zero attached hydrogens (tertiary/aromatic N) is 1. The van der Waals surface area contributed by atoms with Crippen molar-refractivity contribution in [3.05, 3.63) is 150 Å². The first-order valence-corrected chi connectivity index (χ1v) is 20.3. The van der Waals surface area contributed by atoms with Crippen molar-refractivity contribution in [2.24, 2.45) is 5.41 Å². The Bertz CT molecular complexity index is 2300. The fraction of sp³-hybridized carbons (Fsp3) is 0.222. The van der Waals surface area contributed by atoms with Crippen molar-refractivity contribution in [3.63, 3.8) is 0 Å². The summed E-state index contributed by atoms with van der Waals surface area (Å²) < 4.78 is 14.6. The van der Waals surface area contributed by atoms with Crippen molar-refractivity contribution < 1.29 is 9.05 Å². The highest BCUT2D eigenvalue weighted by Crippen LogP contribution is 2.53. The first kappa shape index (κ1) is 33.6. The molecule has 51 heavy (non-hydrogen) atoms. The van der Waals surface area contributed by atoms with Crippen molar-refractivity contribution >= 4 is 59.7 Å². The van der Waals surface area contributed by atoms with Crippen molar-refractivity contribution in [1.29, 1.82) is 0 Å². The van der Waals surface area contributed by atoms with Gasteiger partial charge in [0.25, 0.3) is 0 Å². The van der Waals surface area contributed by atoms with E-state index in [4.69, 9.17) is 14.0 Å². The number of hydrogen-bond acceptors (Lipinski definition) is 4. The molecule has 256 valence electrons. The molecule has 0 saturated heterocycles. The molecule has 6 aromatic rings. The fourth-order valence-corrected chi connectivity index (χ4v) is 10.7. The van der Waals surface area contributed by atoms with Gasteiger partial charge in [-0.05, 0) is 64.8 Å². The van der Waals surface area contributed by atoms with Crippen LogP contribution in [0.15, 0.2) is 144 Å². The van der Waals surface area contributed by atoms with E-state index in [-0.39, 0.29) is 16.9 Å². The van der Waals surface area contributed by atoms with Crippen LogP contribution >= 0.6 is 16.3 Å². The number of pyridine rings is 1. The van der Waals surface area contributed by atoms with Crippen molar-refractivity contribution in [2.45, 2.75) is 59.4 Å². The second kappa shape index (κ2) is 13.2. The van der Waals surface area contributed by atoms with Gasteiger partial charge in [0.15, 0.2) is 19.6 Å². The van der Waals surface area contributed by atoms with Gasteiger partial charge < -0.3 is 14.4 Å². The van der Waals surface area contributed by atoms with Crippen molar-refractivity contribution in [2.75, 3.05) is 5.32 Å². The van der Waals surface area contributed by atoms with E-state index in [1.807, 2.05) is 0 Å². The van der Waals surface area contributed by atoms with Gasteiger partial charge in [-0.15, -0.1) is 0 Å². The number of nitrogens with one attached hydrogen (secondary N) is 1. The Morgan fingerprint density at radius 2 is 1.22 bits per heavy atom. The van der Waals surface area contributed by atoms with Crippen LogP contribution in [0.2, 0.25) is 0 Å². The number of para-hydroxylation sites is 2. The van der Waals surface area contributed by atoms with Gasteiger partial charge in [-0.2, -0.15) is 0 Å². The van der Waals surface area contributed by atoms with Gasteiger partial charge in [-0.25, -0.2) is 4.98 Å². The van der Waals surface area contributed by atoms with Gasteiger partial charge in [0, 0.05) is 37.7 Å². The molecule has 2 aliphatic rings. The maximum absolute atomic E-state index is 7.30. The van der Waals surface area contributed by atoms with Crippen LogP contribution in [0, 0.1) is 5.41 Å². The van der Waals surface area contributed by atoms with E-state index >= 15 is 0 Å². The average molecular weight is 707 g/mol. The number of rotatable bonds is 2. The normalized spacial score (nSPS) is 19.2. The van der Waals surface area contributed by atoms with E-state index in [0.717, 1.165) is 56.0 Å². The maximum Gasteiger partial charge on any atom is 0.153 e. The molecule has 6 heteroatoms. The molecule has 1 aliphatic heterocycles. The third-order valence-corrected chi connectivity index (χ3v) is 13.7. The van der Waals surface area contributed by atoms with Crippen LogP contribution in [0.4, 0.5) is 5.69 Å². The first-order chi connectivity index (χ1) is 24.5. The highest BCUT2D eigenvalue weighted by Gasteiger charge is 2.34. The monoisotopic (exact) mass is 706 g/mol. The summed E-state index contributed by atoms with van der Waals surface area (Å²) in [5.74, 6) is 1.55. The number of hydrogen-bond donors (Lipinski definition) is 1. The highest BCUT2D eigenvalue weighted by atomic mass is 31.1. The number of fused-ring (bicyclic) bond motifs is 2. The SMILES string of the molecule is CC(C)(C)C1=CCC2Nc3ccc(C(C)(C)C)cc3P(c3ccccc3)Oc3cccc4cc5cccc(c5nc34)OP(c3ccccc3)C2=C1. The lowest BCUT2D eigenvalue weighted by Gasteiger charge is -2.35. The zero-order chi connectivity index (χ0) is 35.3. The molecule has 0 radical (unpaired) electrons. The van der Waals surface area contributed by atoms with Crippen LogP contribution in [-0.2, 0) is 5.41 Å². The van der Waals surface area contributed by atoms with Gasteiger partial charge in [0.2, 0.25) is 0 Å². The molecule has 1 aromatic heterocycles. The summed E-state index contributed by atoms with van der Waals surface area (Å²) >= 11 is 0. The van der Waals surface area contributed by atoms with E-state index in [1.165, 1.54) is 21.8 Å². The Labute approximate surface area is 304 Å². The van der Waals surface area contributed by atoms with Gasteiger partial charge in [0.05, 0.1) is 6.04 Å². The molecule has 0 saturated carbocycles. The van der Waals surface area contributed by atoms with Gasteiger partial charge in [-0.3, -0.25) is 0 Å². The predicted molar refractivity (Wildman–Crippen MR) is 219 cm³/mol. The van der Waals surface area contributed by atoms with E-state index in [1.54, 1.807) is 0 Å². The standard InChI is InChI=1S/C45H44N2O2P2/c1-44(2,3)32-23-25-36-40(28-32)50(34-17-9-7-10-18-34)48-38-21-13-15-30-27-31-16-14-22-39(43(31)47-42(30)38)49-51(35-19-11-8-12-20-35)41-29-33(45(4,5)6)24-26-37(41)46-36/h7-25,27-29,37,46H,26H2,1-6H3. The molecular weight excluding hydrogens is 662 g/mol. The van der Waals surface area contributed by atoms with Crippen molar-refractivity contribution in [3.8, 4) is 11.5 Å². The van der Waals surface area contributed by atoms with Crippen LogP contribution in [0.1, 0.15) is 53.5 Å². The zero-order valence-corrected chi connectivity index (χ0v) is 31.9. The predicted octanol–water partition coefficient (Wildman–Crippen LogP) is 11.3. The van der Waals surface area contributed by atoms with E-state index in [9.17, 15) is 0 Å². The molecule has 2 bridgehead atoms. The molecule has 5 aromatic carbocycles. The molecule has 3 atom stereocenters. The molecule has 1 N–H and O–H groups in total. The van der Waals surface area contributed by atoms with Gasteiger partial charge >= 0.3 is 0 Å². The molecule has 0 fully saturated rings. The van der Waals surface area contributed by atoms with Crippen molar-refractivity contribution in [1.82, 2.24) is 4.98 Å². The quantitative estimate of drug-likeness (QED) is 0.144. The zero-order valence-electron chi connectivity index (χ0n) is 30.1. The third kappa shape index (κ3) is 6.69. The average Bonchev–Trinajstić information content (AvgIpc) is 3.12. The van der Waals surface area contributed by atoms with Gasteiger partial charge in [0.1, 0.15) is 19.2 Å². The minimum atomic E-state index is -1.30. The summed E-state index contributed by atoms with van der Waals surface area (Å²) in [6.45, 7) is 13.7. The Balaban J connectivity index is 1.44. The second-order valence-corrected chi connectivity index (χ2v) is 19.1. The van der Waals surface area contributed by atoms with Crippen LogP contribution in [0.3, 0.4) is 0 Å². The minimum absolute atomic E-state index is 0.000790. The smallest absolute Gasteiger partial charge is 0.153 e. The lowest BCUT2D eigenvalue weighted by Crippen LogP contribution is -2.31. The fourth-order valence-electron chi connectivity index (χ4n) is 6.81. The Morgan fingerprint density at radius 3 is 1.80 bits per heavy atom. The molecule has 0 spiro atoms. The summed E-state index contributed by atoms with van der Waals surface area (Å²) in [5, 5.41) is 10.9. The summed E-state index contributed by atoms with van der Waals surface area (Å²) in [5.41, 5.74) is 5.30. The molecule has 1 aliphatic carbocycles. The van der Waals surface area contributed by atoms with E-state index in [2.05, 4.69) is 180 Å². The van der Waals surface area contributed by atoms with Crippen LogP contribution in [0.25, 0.3) is 21.8 Å². The van der Waals surface area contributed by atoms with Gasteiger partial charge in [-0.1, -0.05) is 139 Å². The Kier molecular flexibility index (Phi) is 8.74. The number of allylic oxidation sites excluding steroid dienone is 2. The molecular formula is C45H44N2O2P2. The molecule has 4 nitrogen and oxygen atoms in total. The summed E-state index contributed by atoms with van der Waals surface area (Å²) in [4.78, 5) is 5.38. The minimum Gasteiger partial charge on any atom is -0.462 e. The second-order valence-electron chi connectivity index (χ2n) is 15.5. The first-order valence-electron chi connectivity index (χ1n) is 17.7.